The highest BCUT2D eigenvalue weighted by Gasteiger charge is 2.51. The monoisotopic (exact) mass is 344 g/mol. The number of hydrogen-bond acceptors (Lipinski definition) is 3. The molecule has 5 heteroatoms. The summed E-state index contributed by atoms with van der Waals surface area (Å²) in [4.78, 5) is 27.2. The second-order valence-corrected chi connectivity index (χ2v) is 8.80. The first-order valence-electron chi connectivity index (χ1n) is 8.89. The molecule has 2 unspecified atom stereocenters. The van der Waals surface area contributed by atoms with Gasteiger partial charge in [0.15, 0.2) is 0 Å². The number of likely N-dealkylation sites (tertiary alicyclic amines) is 1. The fraction of sp³-hybridized carbons (Fsp3) is 0.600. The van der Waals surface area contributed by atoms with Gasteiger partial charge in [0, 0.05) is 12.6 Å². The number of nitrogens with zero attached hydrogens (tertiary/aromatic N) is 1. The lowest BCUT2D eigenvalue weighted by molar-refractivity contribution is -0.144. The van der Waals surface area contributed by atoms with Crippen LogP contribution in [0.1, 0.15) is 45.6 Å². The standard InChI is InChI=1S/C20H28N2O3/c1-13-6-7-16(25-5)15(8-13)21-17(23)18(24)22-12-20(4)10-14(22)9-19(2,3)11-20/h6-8,14H,9-12H2,1-5H3,(H,21,23). The van der Waals surface area contributed by atoms with Crippen LogP contribution in [0.2, 0.25) is 0 Å². The SMILES string of the molecule is COc1ccc(C)cc1NC(=O)C(=O)N1CC2(C)CC1CC(C)(C)C2. The first-order valence-corrected chi connectivity index (χ1v) is 8.89. The van der Waals surface area contributed by atoms with Crippen LogP contribution in [0.4, 0.5) is 5.69 Å². The summed E-state index contributed by atoms with van der Waals surface area (Å²) in [5.74, 6) is -0.465. The van der Waals surface area contributed by atoms with Crippen LogP contribution in [0.15, 0.2) is 18.2 Å². The Hall–Kier alpha value is -2.04. The zero-order chi connectivity index (χ0) is 18.4. The molecule has 136 valence electrons. The van der Waals surface area contributed by atoms with Crippen molar-refractivity contribution in [3.8, 4) is 5.75 Å². The number of hydrogen-bond donors (Lipinski definition) is 1. The molecular weight excluding hydrogens is 316 g/mol. The van der Waals surface area contributed by atoms with Crippen molar-refractivity contribution in [2.75, 3.05) is 19.0 Å². The maximum atomic E-state index is 12.8. The molecular formula is C20H28N2O3. The van der Waals surface area contributed by atoms with Crippen molar-refractivity contribution < 1.29 is 14.3 Å². The molecule has 1 heterocycles. The van der Waals surface area contributed by atoms with Gasteiger partial charge >= 0.3 is 11.8 Å². The Bertz CT molecular complexity index is 713. The lowest BCUT2D eigenvalue weighted by atomic mass is 9.65. The van der Waals surface area contributed by atoms with Crippen LogP contribution in [0.5, 0.6) is 5.75 Å². The topological polar surface area (TPSA) is 58.6 Å². The van der Waals surface area contributed by atoms with E-state index >= 15 is 0 Å². The van der Waals surface area contributed by atoms with E-state index < -0.39 is 11.8 Å². The van der Waals surface area contributed by atoms with Crippen molar-refractivity contribution >= 4 is 17.5 Å². The molecule has 2 aliphatic rings. The molecule has 1 aliphatic carbocycles. The normalized spacial score (nSPS) is 27.1. The number of methoxy groups -OCH3 is 1. The number of nitrogens with one attached hydrogen (secondary N) is 1. The van der Waals surface area contributed by atoms with Crippen molar-refractivity contribution in [1.82, 2.24) is 4.90 Å². The van der Waals surface area contributed by atoms with E-state index in [-0.39, 0.29) is 16.9 Å². The quantitative estimate of drug-likeness (QED) is 0.837. The summed E-state index contributed by atoms with van der Waals surface area (Å²) in [6.07, 6.45) is 3.03. The number of aryl methyl sites for hydroxylation is 1. The Morgan fingerprint density at radius 1 is 1.24 bits per heavy atom. The number of benzene rings is 1. The van der Waals surface area contributed by atoms with Gasteiger partial charge in [-0.25, -0.2) is 0 Å². The maximum absolute atomic E-state index is 12.8. The Morgan fingerprint density at radius 2 is 1.96 bits per heavy atom. The minimum atomic E-state index is -0.585. The molecule has 1 aromatic rings. The van der Waals surface area contributed by atoms with E-state index in [1.165, 1.54) is 0 Å². The third-order valence-electron chi connectivity index (χ3n) is 5.47. The zero-order valence-corrected chi connectivity index (χ0v) is 15.8. The van der Waals surface area contributed by atoms with E-state index in [1.54, 1.807) is 18.1 Å². The second kappa shape index (κ2) is 6.04. The zero-order valence-electron chi connectivity index (χ0n) is 15.8. The molecule has 1 N–H and O–H groups in total. The summed E-state index contributed by atoms with van der Waals surface area (Å²) in [5, 5.41) is 2.74. The largest absolute Gasteiger partial charge is 0.495 e. The van der Waals surface area contributed by atoms with Crippen molar-refractivity contribution in [3.63, 3.8) is 0 Å². The molecule has 2 bridgehead atoms. The molecule has 2 atom stereocenters. The highest BCUT2D eigenvalue weighted by molar-refractivity contribution is 6.39. The van der Waals surface area contributed by atoms with E-state index in [0.29, 0.717) is 18.0 Å². The number of anilines is 1. The van der Waals surface area contributed by atoms with E-state index in [0.717, 1.165) is 24.8 Å². The summed E-state index contributed by atoms with van der Waals surface area (Å²) in [6, 6.07) is 5.67. The average Bonchev–Trinajstić information content (AvgIpc) is 2.75. The summed E-state index contributed by atoms with van der Waals surface area (Å²) in [6.45, 7) is 9.34. The predicted octanol–water partition coefficient (Wildman–Crippen LogP) is 3.37. The van der Waals surface area contributed by atoms with Gasteiger partial charge in [-0.2, -0.15) is 0 Å². The Kier molecular flexibility index (Phi) is 4.30. The van der Waals surface area contributed by atoms with E-state index in [4.69, 9.17) is 4.74 Å². The van der Waals surface area contributed by atoms with Gasteiger partial charge in [-0.05, 0) is 54.7 Å². The van der Waals surface area contributed by atoms with Crippen molar-refractivity contribution in [2.24, 2.45) is 10.8 Å². The predicted molar refractivity (Wildman–Crippen MR) is 97.6 cm³/mol. The second-order valence-electron chi connectivity index (χ2n) is 8.80. The number of ether oxygens (including phenoxy) is 1. The highest BCUT2D eigenvalue weighted by Crippen LogP contribution is 2.52. The Morgan fingerprint density at radius 3 is 2.64 bits per heavy atom. The fourth-order valence-corrected chi connectivity index (χ4v) is 4.92. The van der Waals surface area contributed by atoms with Gasteiger partial charge in [0.05, 0.1) is 12.8 Å². The van der Waals surface area contributed by atoms with Gasteiger partial charge in [0.25, 0.3) is 0 Å². The van der Waals surface area contributed by atoms with Crippen molar-refractivity contribution in [2.45, 2.75) is 53.0 Å². The van der Waals surface area contributed by atoms with Crippen LogP contribution in [0, 0.1) is 17.8 Å². The molecule has 3 rings (SSSR count). The lowest BCUT2D eigenvalue weighted by Crippen LogP contribution is -2.43. The van der Waals surface area contributed by atoms with E-state index in [9.17, 15) is 9.59 Å². The molecule has 25 heavy (non-hydrogen) atoms. The van der Waals surface area contributed by atoms with Crippen LogP contribution >= 0.6 is 0 Å². The molecule has 0 radical (unpaired) electrons. The van der Waals surface area contributed by atoms with Crippen LogP contribution in [0.25, 0.3) is 0 Å². The molecule has 0 aromatic heterocycles. The third kappa shape index (κ3) is 3.51. The third-order valence-corrected chi connectivity index (χ3v) is 5.47. The van der Waals surface area contributed by atoms with E-state index in [1.807, 2.05) is 19.1 Å². The lowest BCUT2D eigenvalue weighted by Gasteiger charge is -2.39. The van der Waals surface area contributed by atoms with Crippen molar-refractivity contribution in [3.05, 3.63) is 23.8 Å². The van der Waals surface area contributed by atoms with Gasteiger partial charge in [-0.15, -0.1) is 0 Å². The number of amides is 2. The highest BCUT2D eigenvalue weighted by atomic mass is 16.5. The average molecular weight is 344 g/mol. The summed E-state index contributed by atoms with van der Waals surface area (Å²) >= 11 is 0. The fourth-order valence-electron chi connectivity index (χ4n) is 4.92. The molecule has 5 nitrogen and oxygen atoms in total. The van der Waals surface area contributed by atoms with Crippen LogP contribution < -0.4 is 10.1 Å². The molecule has 2 amide bonds. The number of carbonyl (C=O) groups excluding carboxylic acids is 2. The molecule has 1 aromatic carbocycles. The maximum Gasteiger partial charge on any atom is 0.314 e. The Labute approximate surface area is 149 Å². The van der Waals surface area contributed by atoms with Gasteiger partial charge in [-0.1, -0.05) is 26.8 Å². The van der Waals surface area contributed by atoms with E-state index in [2.05, 4.69) is 26.1 Å². The summed E-state index contributed by atoms with van der Waals surface area (Å²) < 4.78 is 5.28. The molecule has 0 spiro atoms. The molecule has 1 saturated carbocycles. The minimum absolute atomic E-state index is 0.114. The smallest absolute Gasteiger partial charge is 0.314 e. The number of fused-ring (bicyclic) bond motifs is 2. The van der Waals surface area contributed by atoms with Crippen LogP contribution in [0.3, 0.4) is 0 Å². The van der Waals surface area contributed by atoms with Gasteiger partial charge in [-0.3, -0.25) is 9.59 Å². The first kappa shape index (κ1) is 17.8. The Balaban J connectivity index is 1.76. The minimum Gasteiger partial charge on any atom is -0.495 e. The van der Waals surface area contributed by atoms with Gasteiger partial charge in [0.2, 0.25) is 0 Å². The molecule has 2 fully saturated rings. The number of carbonyl (C=O) groups is 2. The van der Waals surface area contributed by atoms with Gasteiger partial charge in [0.1, 0.15) is 5.75 Å². The van der Waals surface area contributed by atoms with Crippen LogP contribution in [-0.4, -0.2) is 36.4 Å². The molecule has 1 saturated heterocycles. The van der Waals surface area contributed by atoms with Gasteiger partial charge < -0.3 is 15.0 Å². The first-order chi connectivity index (χ1) is 11.6. The number of rotatable bonds is 2. The van der Waals surface area contributed by atoms with Crippen LogP contribution in [-0.2, 0) is 9.59 Å². The molecule has 1 aliphatic heterocycles. The summed E-state index contributed by atoms with van der Waals surface area (Å²) in [5.41, 5.74) is 1.86. The summed E-state index contributed by atoms with van der Waals surface area (Å²) in [7, 11) is 1.55. The van der Waals surface area contributed by atoms with Crippen molar-refractivity contribution in [1.29, 1.82) is 0 Å².